The van der Waals surface area contributed by atoms with E-state index in [1.54, 1.807) is 0 Å². The Morgan fingerprint density at radius 3 is 2.71 bits per heavy atom. The molecule has 0 aromatic heterocycles. The maximum absolute atomic E-state index is 5.93. The van der Waals surface area contributed by atoms with Crippen LogP contribution in [0.4, 0.5) is 0 Å². The van der Waals surface area contributed by atoms with Gasteiger partial charge in [0.15, 0.2) is 0 Å². The molecule has 0 spiro atoms. The smallest absolute Gasteiger partial charge is 0.122 e. The molecular formula is C14H19NOS. The van der Waals surface area contributed by atoms with Crippen LogP contribution in [0.25, 0.3) is 0 Å². The van der Waals surface area contributed by atoms with Crippen molar-refractivity contribution in [1.82, 2.24) is 0 Å². The molecule has 2 rings (SSSR count). The van der Waals surface area contributed by atoms with Crippen molar-refractivity contribution in [3.05, 3.63) is 29.3 Å². The van der Waals surface area contributed by atoms with Gasteiger partial charge in [-0.2, -0.15) is 0 Å². The molecule has 0 aliphatic heterocycles. The predicted octanol–water partition coefficient (Wildman–Crippen LogP) is 3.14. The molecule has 1 saturated carbocycles. The van der Waals surface area contributed by atoms with Gasteiger partial charge in [-0.3, -0.25) is 0 Å². The summed E-state index contributed by atoms with van der Waals surface area (Å²) in [6.07, 6.45) is 3.16. The molecule has 3 heteroatoms. The fourth-order valence-electron chi connectivity index (χ4n) is 2.03. The molecule has 1 fully saturated rings. The molecule has 17 heavy (non-hydrogen) atoms. The summed E-state index contributed by atoms with van der Waals surface area (Å²) in [5.74, 6) is 0.985. The number of nitrogens with two attached hydrogens (primary N) is 1. The molecule has 1 aromatic carbocycles. The van der Waals surface area contributed by atoms with E-state index in [0.717, 1.165) is 18.8 Å². The molecule has 0 radical (unpaired) electrons. The van der Waals surface area contributed by atoms with Crippen LogP contribution in [-0.2, 0) is 0 Å². The van der Waals surface area contributed by atoms with E-state index in [1.807, 2.05) is 12.1 Å². The Kier molecular flexibility index (Phi) is 3.38. The number of benzene rings is 1. The molecule has 1 aliphatic carbocycles. The lowest BCUT2D eigenvalue weighted by molar-refractivity contribution is 0.237. The minimum absolute atomic E-state index is 0.224. The van der Waals surface area contributed by atoms with Gasteiger partial charge < -0.3 is 10.5 Å². The van der Waals surface area contributed by atoms with E-state index in [0.29, 0.717) is 4.99 Å². The van der Waals surface area contributed by atoms with E-state index in [4.69, 9.17) is 22.7 Å². The molecule has 1 aromatic rings. The highest BCUT2D eigenvalue weighted by atomic mass is 32.1. The van der Waals surface area contributed by atoms with Crippen molar-refractivity contribution in [1.29, 1.82) is 0 Å². The maximum atomic E-state index is 5.93. The van der Waals surface area contributed by atoms with Gasteiger partial charge in [-0.1, -0.05) is 24.4 Å². The van der Waals surface area contributed by atoms with Crippen LogP contribution in [0.1, 0.15) is 30.4 Å². The normalized spacial score (nSPS) is 16.6. The van der Waals surface area contributed by atoms with Crippen LogP contribution >= 0.6 is 12.2 Å². The lowest BCUT2D eigenvalue weighted by Crippen LogP contribution is -2.21. The number of thiocarbonyl (C=S) groups is 1. The monoisotopic (exact) mass is 249 g/mol. The van der Waals surface area contributed by atoms with Crippen LogP contribution in [0, 0.1) is 19.3 Å². The standard InChI is InChI=1S/C14H19NOS/c1-10-4-3-5-12(11(10)2)16-9-14(6-7-14)8-13(15)17/h3-5H,6-9H2,1-2H3,(H2,15,17). The molecule has 2 nitrogen and oxygen atoms in total. The van der Waals surface area contributed by atoms with Crippen LogP contribution in [0.5, 0.6) is 5.75 Å². The fraction of sp³-hybridized carbons (Fsp3) is 0.500. The molecule has 0 bridgehead atoms. The van der Waals surface area contributed by atoms with Gasteiger partial charge in [-0.15, -0.1) is 0 Å². The van der Waals surface area contributed by atoms with Crippen molar-refractivity contribution < 1.29 is 4.74 Å². The third-order valence-corrected chi connectivity index (χ3v) is 3.74. The lowest BCUT2D eigenvalue weighted by atomic mass is 10.0. The summed E-state index contributed by atoms with van der Waals surface area (Å²) in [5, 5.41) is 0. The summed E-state index contributed by atoms with van der Waals surface area (Å²) in [7, 11) is 0. The van der Waals surface area contributed by atoms with E-state index in [1.165, 1.54) is 24.0 Å². The summed E-state index contributed by atoms with van der Waals surface area (Å²) in [6, 6.07) is 6.16. The van der Waals surface area contributed by atoms with Crippen LogP contribution in [0.2, 0.25) is 0 Å². The van der Waals surface area contributed by atoms with E-state index in [-0.39, 0.29) is 5.41 Å². The number of hydrogen-bond donors (Lipinski definition) is 1. The van der Waals surface area contributed by atoms with Gasteiger partial charge in [-0.05, 0) is 43.9 Å². The quantitative estimate of drug-likeness (QED) is 0.814. The Morgan fingerprint density at radius 1 is 1.41 bits per heavy atom. The highest BCUT2D eigenvalue weighted by Crippen LogP contribution is 2.49. The summed E-state index contributed by atoms with van der Waals surface area (Å²) < 4.78 is 5.93. The number of ether oxygens (including phenoxy) is 1. The first kappa shape index (κ1) is 12.4. The fourth-order valence-corrected chi connectivity index (χ4v) is 2.34. The van der Waals surface area contributed by atoms with Crippen LogP contribution in [0.15, 0.2) is 18.2 Å². The zero-order valence-electron chi connectivity index (χ0n) is 10.5. The van der Waals surface area contributed by atoms with Crippen LogP contribution < -0.4 is 10.5 Å². The third-order valence-electron chi connectivity index (χ3n) is 3.60. The minimum Gasteiger partial charge on any atom is -0.493 e. The molecule has 0 unspecified atom stereocenters. The van der Waals surface area contributed by atoms with Gasteiger partial charge in [0.1, 0.15) is 5.75 Å². The van der Waals surface area contributed by atoms with Gasteiger partial charge in [-0.25, -0.2) is 0 Å². The van der Waals surface area contributed by atoms with Crippen molar-refractivity contribution in [2.45, 2.75) is 33.1 Å². The molecule has 1 aliphatic rings. The minimum atomic E-state index is 0.224. The van der Waals surface area contributed by atoms with Crippen molar-refractivity contribution in [3.8, 4) is 5.75 Å². The summed E-state index contributed by atoms with van der Waals surface area (Å²) in [6.45, 7) is 4.93. The van der Waals surface area contributed by atoms with Gasteiger partial charge >= 0.3 is 0 Å². The van der Waals surface area contributed by atoms with E-state index >= 15 is 0 Å². The first-order valence-corrected chi connectivity index (χ1v) is 6.41. The Morgan fingerprint density at radius 2 is 2.12 bits per heavy atom. The van der Waals surface area contributed by atoms with Gasteiger partial charge in [0, 0.05) is 11.8 Å². The summed E-state index contributed by atoms with van der Waals surface area (Å²) >= 11 is 4.98. The Hall–Kier alpha value is -1.09. The average molecular weight is 249 g/mol. The first-order chi connectivity index (χ1) is 8.02. The van der Waals surface area contributed by atoms with Gasteiger partial charge in [0.05, 0.1) is 11.6 Å². The molecule has 0 heterocycles. The van der Waals surface area contributed by atoms with E-state index in [2.05, 4.69) is 19.9 Å². The lowest BCUT2D eigenvalue weighted by Gasteiger charge is -2.17. The van der Waals surface area contributed by atoms with Crippen molar-refractivity contribution in [3.63, 3.8) is 0 Å². The number of hydrogen-bond acceptors (Lipinski definition) is 2. The second kappa shape index (κ2) is 4.65. The topological polar surface area (TPSA) is 35.2 Å². The van der Waals surface area contributed by atoms with E-state index < -0.39 is 0 Å². The molecule has 0 saturated heterocycles. The summed E-state index contributed by atoms with van der Waals surface area (Å²) in [4.78, 5) is 0.604. The molecule has 2 N–H and O–H groups in total. The Balaban J connectivity index is 1.98. The Bertz CT molecular complexity index is 438. The number of rotatable bonds is 5. The van der Waals surface area contributed by atoms with E-state index in [9.17, 15) is 0 Å². The van der Waals surface area contributed by atoms with Crippen LogP contribution in [0.3, 0.4) is 0 Å². The largest absolute Gasteiger partial charge is 0.493 e. The maximum Gasteiger partial charge on any atom is 0.122 e. The predicted molar refractivity (Wildman–Crippen MR) is 74.5 cm³/mol. The van der Waals surface area contributed by atoms with Crippen molar-refractivity contribution in [2.24, 2.45) is 11.1 Å². The number of aryl methyl sites for hydroxylation is 1. The third kappa shape index (κ3) is 2.97. The van der Waals surface area contributed by atoms with Crippen molar-refractivity contribution in [2.75, 3.05) is 6.61 Å². The molecule has 0 amide bonds. The SMILES string of the molecule is Cc1cccc(OCC2(CC(N)=S)CC2)c1C. The Labute approximate surface area is 108 Å². The highest BCUT2D eigenvalue weighted by molar-refractivity contribution is 7.80. The summed E-state index contributed by atoms with van der Waals surface area (Å²) in [5.41, 5.74) is 8.33. The second-order valence-corrected chi connectivity index (χ2v) is 5.65. The molecule has 0 atom stereocenters. The zero-order valence-corrected chi connectivity index (χ0v) is 11.3. The van der Waals surface area contributed by atoms with Gasteiger partial charge in [0.2, 0.25) is 0 Å². The van der Waals surface area contributed by atoms with Crippen LogP contribution in [-0.4, -0.2) is 11.6 Å². The first-order valence-electron chi connectivity index (χ1n) is 6.00. The average Bonchev–Trinajstić information content (AvgIpc) is 3.00. The molecular weight excluding hydrogens is 230 g/mol. The zero-order chi connectivity index (χ0) is 12.5. The van der Waals surface area contributed by atoms with Crippen molar-refractivity contribution >= 4 is 17.2 Å². The highest BCUT2D eigenvalue weighted by Gasteiger charge is 2.43. The van der Waals surface area contributed by atoms with Gasteiger partial charge in [0.25, 0.3) is 0 Å². The molecule has 92 valence electrons. The second-order valence-electron chi connectivity index (χ2n) is 5.13.